The first kappa shape index (κ1) is 30.7. The normalized spacial score (nSPS) is 23.6. The standard InChI is InChI=1S/C34H45BrN2O5/c1-4-6-19-41-29-21-27-25(30(35)31(29)36-23(3)32(38)40-5-2)20-28-26-15-10-11-16-34(26,27)17-12-18-37(28)33(39)42-22-24-13-8-7-9-14-24/h7-9,13-14,21,23,26,28,36H,4-6,10-12,15-20,22H2,1-3H3/t23?,26?,28-,34-/m0/s1. The lowest BCUT2D eigenvalue weighted by atomic mass is 9.54. The van der Waals surface area contributed by atoms with E-state index in [1.165, 1.54) is 24.0 Å². The zero-order valence-electron chi connectivity index (χ0n) is 25.3. The van der Waals surface area contributed by atoms with Crippen molar-refractivity contribution in [1.29, 1.82) is 0 Å². The fraction of sp³-hybridized carbons (Fsp3) is 0.588. The second-order valence-electron chi connectivity index (χ2n) is 12.0. The maximum Gasteiger partial charge on any atom is 0.410 e. The number of rotatable bonds is 10. The highest BCUT2D eigenvalue weighted by molar-refractivity contribution is 9.10. The van der Waals surface area contributed by atoms with E-state index in [-0.39, 0.29) is 30.1 Å². The Kier molecular flexibility index (Phi) is 10.0. The summed E-state index contributed by atoms with van der Waals surface area (Å²) < 4.78 is 18.5. The lowest BCUT2D eigenvalue weighted by Crippen LogP contribution is -2.54. The number of hydrogen-bond donors (Lipinski definition) is 1. The van der Waals surface area contributed by atoms with E-state index < -0.39 is 6.04 Å². The molecule has 0 aromatic heterocycles. The smallest absolute Gasteiger partial charge is 0.410 e. The van der Waals surface area contributed by atoms with Crippen LogP contribution in [0.2, 0.25) is 0 Å². The molecule has 2 bridgehead atoms. The molecule has 1 saturated carbocycles. The molecule has 228 valence electrons. The number of halogens is 1. The van der Waals surface area contributed by atoms with E-state index in [2.05, 4.69) is 34.2 Å². The van der Waals surface area contributed by atoms with E-state index in [4.69, 9.17) is 14.2 Å². The highest BCUT2D eigenvalue weighted by atomic mass is 79.9. The second kappa shape index (κ2) is 13.7. The first-order chi connectivity index (χ1) is 20.4. The van der Waals surface area contributed by atoms with E-state index in [1.54, 1.807) is 0 Å². The average Bonchev–Trinajstić information content (AvgIpc) is 3.13. The van der Waals surface area contributed by atoms with E-state index >= 15 is 0 Å². The van der Waals surface area contributed by atoms with Crippen molar-refractivity contribution in [2.75, 3.05) is 25.1 Å². The van der Waals surface area contributed by atoms with Crippen LogP contribution >= 0.6 is 15.9 Å². The molecule has 1 saturated heterocycles. The molecule has 5 rings (SSSR count). The molecule has 42 heavy (non-hydrogen) atoms. The van der Waals surface area contributed by atoms with Gasteiger partial charge in [-0.2, -0.15) is 0 Å². The number of anilines is 1. The van der Waals surface area contributed by atoms with Gasteiger partial charge in [0.1, 0.15) is 18.4 Å². The van der Waals surface area contributed by atoms with Crippen LogP contribution in [0.25, 0.3) is 0 Å². The van der Waals surface area contributed by atoms with E-state index in [0.717, 1.165) is 66.4 Å². The predicted molar refractivity (Wildman–Crippen MR) is 168 cm³/mol. The summed E-state index contributed by atoms with van der Waals surface area (Å²) in [5.41, 5.74) is 4.33. The van der Waals surface area contributed by atoms with Crippen molar-refractivity contribution in [3.63, 3.8) is 0 Å². The molecule has 8 heteroatoms. The van der Waals surface area contributed by atoms with Crippen LogP contribution in [0.5, 0.6) is 5.75 Å². The summed E-state index contributed by atoms with van der Waals surface area (Å²) >= 11 is 3.98. The maximum absolute atomic E-state index is 13.7. The number of fused-ring (bicyclic) bond motifs is 1. The molecule has 2 unspecified atom stereocenters. The Morgan fingerprint density at radius 2 is 1.90 bits per heavy atom. The molecule has 7 nitrogen and oxygen atoms in total. The van der Waals surface area contributed by atoms with Crippen molar-refractivity contribution in [2.45, 2.75) is 103 Å². The predicted octanol–water partition coefficient (Wildman–Crippen LogP) is 7.78. The van der Waals surface area contributed by atoms with E-state index in [9.17, 15) is 9.59 Å². The molecular formula is C34H45BrN2O5. The Balaban J connectivity index is 1.52. The topological polar surface area (TPSA) is 77.1 Å². The molecule has 0 spiro atoms. The van der Waals surface area contributed by atoms with Crippen molar-refractivity contribution in [3.05, 3.63) is 57.6 Å². The zero-order valence-corrected chi connectivity index (χ0v) is 26.8. The average molecular weight is 642 g/mol. The first-order valence-corrected chi connectivity index (χ1v) is 16.6. The van der Waals surface area contributed by atoms with Crippen molar-refractivity contribution in [3.8, 4) is 5.75 Å². The van der Waals surface area contributed by atoms with Gasteiger partial charge in [-0.05, 0) is 97.0 Å². The monoisotopic (exact) mass is 640 g/mol. The van der Waals surface area contributed by atoms with Gasteiger partial charge in [-0.25, -0.2) is 9.59 Å². The molecule has 2 fully saturated rings. The Bertz CT molecular complexity index is 1250. The van der Waals surface area contributed by atoms with Crippen molar-refractivity contribution >= 4 is 33.7 Å². The number of ether oxygens (including phenoxy) is 3. The van der Waals surface area contributed by atoms with Gasteiger partial charge in [0.15, 0.2) is 0 Å². The largest absolute Gasteiger partial charge is 0.491 e. The van der Waals surface area contributed by atoms with Gasteiger partial charge in [0.2, 0.25) is 0 Å². The van der Waals surface area contributed by atoms with Crippen molar-refractivity contribution < 1.29 is 23.8 Å². The minimum absolute atomic E-state index is 0.0123. The van der Waals surface area contributed by atoms with Gasteiger partial charge in [-0.1, -0.05) is 56.5 Å². The van der Waals surface area contributed by atoms with Crippen LogP contribution in [-0.4, -0.2) is 48.8 Å². The Labute approximate surface area is 258 Å². The van der Waals surface area contributed by atoms with E-state index in [1.807, 2.05) is 49.1 Å². The van der Waals surface area contributed by atoms with Crippen LogP contribution < -0.4 is 10.1 Å². The van der Waals surface area contributed by atoms with Crippen LogP contribution in [0.15, 0.2) is 40.9 Å². The van der Waals surface area contributed by atoms with Crippen LogP contribution in [-0.2, 0) is 32.7 Å². The van der Waals surface area contributed by atoms with Gasteiger partial charge in [0.25, 0.3) is 0 Å². The summed E-state index contributed by atoms with van der Waals surface area (Å²) in [5.74, 6) is 0.859. The molecule has 0 radical (unpaired) electrons. The lowest BCUT2D eigenvalue weighted by molar-refractivity contribution is -0.143. The van der Waals surface area contributed by atoms with Crippen LogP contribution in [0.4, 0.5) is 10.5 Å². The van der Waals surface area contributed by atoms with Gasteiger partial charge in [0.05, 0.1) is 18.9 Å². The third-order valence-electron chi connectivity index (χ3n) is 9.46. The number of carbonyl (C=O) groups excluding carboxylic acids is 2. The Morgan fingerprint density at radius 1 is 1.12 bits per heavy atom. The SMILES string of the molecule is CCCCOc1cc2c(c(Br)c1NC(C)C(=O)OCC)C[C@H]1C3CCCC[C@@]23CCCN1C(=O)OCc1ccccc1. The fourth-order valence-electron chi connectivity index (χ4n) is 7.47. The highest BCUT2D eigenvalue weighted by Gasteiger charge is 2.54. The van der Waals surface area contributed by atoms with E-state index in [0.29, 0.717) is 25.7 Å². The minimum atomic E-state index is -0.538. The van der Waals surface area contributed by atoms with Gasteiger partial charge in [-0.15, -0.1) is 0 Å². The minimum Gasteiger partial charge on any atom is -0.491 e. The number of nitrogens with one attached hydrogen (secondary N) is 1. The first-order valence-electron chi connectivity index (χ1n) is 15.8. The summed E-state index contributed by atoms with van der Waals surface area (Å²) in [6.45, 7) is 7.71. The number of hydrogen-bond acceptors (Lipinski definition) is 6. The molecule has 2 aromatic carbocycles. The van der Waals surface area contributed by atoms with Gasteiger partial charge in [-0.3, -0.25) is 0 Å². The molecular weight excluding hydrogens is 596 g/mol. The summed E-state index contributed by atoms with van der Waals surface area (Å²) in [6, 6.07) is 11.7. The zero-order chi connectivity index (χ0) is 29.7. The Hall–Kier alpha value is -2.74. The molecule has 1 heterocycles. The van der Waals surface area contributed by atoms with Crippen molar-refractivity contribution in [2.24, 2.45) is 5.92 Å². The number of benzene rings is 2. The molecule has 2 aliphatic carbocycles. The number of esters is 1. The molecule has 1 amide bonds. The summed E-state index contributed by atoms with van der Waals surface area (Å²) in [4.78, 5) is 28.3. The van der Waals surface area contributed by atoms with Gasteiger partial charge >= 0.3 is 12.1 Å². The van der Waals surface area contributed by atoms with Crippen LogP contribution in [0.1, 0.15) is 88.8 Å². The van der Waals surface area contributed by atoms with Gasteiger partial charge in [0, 0.05) is 22.5 Å². The summed E-state index contributed by atoms with van der Waals surface area (Å²) in [6.07, 6.45) is 9.08. The third kappa shape index (κ3) is 6.15. The number of unbranched alkanes of at least 4 members (excludes halogenated alkanes) is 1. The van der Waals surface area contributed by atoms with Gasteiger partial charge < -0.3 is 24.4 Å². The molecule has 1 N–H and O–H groups in total. The number of amides is 1. The third-order valence-corrected chi connectivity index (χ3v) is 10.3. The number of likely N-dealkylation sites (tertiary alicyclic amines) is 1. The number of nitrogens with zero attached hydrogens (tertiary/aromatic N) is 1. The summed E-state index contributed by atoms with van der Waals surface area (Å²) in [5, 5.41) is 3.41. The van der Waals surface area contributed by atoms with Crippen LogP contribution in [0, 0.1) is 5.92 Å². The van der Waals surface area contributed by atoms with Crippen molar-refractivity contribution in [1.82, 2.24) is 4.90 Å². The summed E-state index contributed by atoms with van der Waals surface area (Å²) in [7, 11) is 0. The fourth-order valence-corrected chi connectivity index (χ4v) is 8.16. The lowest BCUT2D eigenvalue weighted by Gasteiger charge is -2.53. The molecule has 2 aromatic rings. The molecule has 3 aliphatic rings. The highest BCUT2D eigenvalue weighted by Crippen LogP contribution is 2.58. The molecule has 4 atom stereocenters. The number of carbonyl (C=O) groups is 2. The second-order valence-corrected chi connectivity index (χ2v) is 12.8. The molecule has 1 aliphatic heterocycles. The maximum atomic E-state index is 13.7. The quantitative estimate of drug-likeness (QED) is 0.211. The van der Waals surface area contributed by atoms with Crippen LogP contribution in [0.3, 0.4) is 0 Å². The Morgan fingerprint density at radius 3 is 2.67 bits per heavy atom.